The van der Waals surface area contributed by atoms with Gasteiger partial charge in [0, 0.05) is 9.03 Å². The van der Waals surface area contributed by atoms with Crippen LogP contribution in [0.1, 0.15) is 52.4 Å². The molecule has 0 aliphatic carbocycles. The van der Waals surface area contributed by atoms with Crippen molar-refractivity contribution in [2.24, 2.45) is 18.1 Å². The minimum atomic E-state index is -1.03. The number of unbranched alkanes of at least 4 members (excludes halogenated alkanes) is 5. The van der Waals surface area contributed by atoms with Crippen LogP contribution in [-0.2, 0) is 0 Å². The normalized spacial score (nSPS) is 18.4. The van der Waals surface area contributed by atoms with Gasteiger partial charge in [-0.25, -0.2) is 0 Å². The van der Waals surface area contributed by atoms with E-state index in [4.69, 9.17) is 11.2 Å². The quantitative estimate of drug-likeness (QED) is 0.360. The zero-order chi connectivity index (χ0) is 12.8. The minimum Gasteiger partial charge on any atom is -0.162 e. The lowest BCUT2D eigenvalue weighted by atomic mass is 10.1. The Morgan fingerprint density at radius 3 is 2.06 bits per heavy atom. The van der Waals surface area contributed by atoms with Crippen molar-refractivity contribution in [1.29, 1.82) is 0 Å². The van der Waals surface area contributed by atoms with Gasteiger partial charge in [-0.2, -0.15) is 9.03 Å². The molecule has 0 saturated carbocycles. The fourth-order valence-corrected chi connectivity index (χ4v) is 4.25. The van der Waals surface area contributed by atoms with E-state index in [1.54, 1.807) is 0 Å². The Balaban J connectivity index is 0.000000304. The molecule has 1 aliphatic heterocycles. The van der Waals surface area contributed by atoms with Gasteiger partial charge >= 0.3 is 7.22 Å². The first-order chi connectivity index (χ1) is 8.31. The van der Waals surface area contributed by atoms with Gasteiger partial charge in [0.05, 0.1) is 0 Å². The molecule has 1 unspecified atom stereocenters. The second-order valence-electron chi connectivity index (χ2n) is 3.28. The largest absolute Gasteiger partial charge is 0.487 e. The Morgan fingerprint density at radius 1 is 0.882 bits per heavy atom. The fourth-order valence-electron chi connectivity index (χ4n) is 1.03. The van der Waals surface area contributed by atoms with Gasteiger partial charge in [-0.05, 0) is 0 Å². The molecule has 9 heteroatoms. The predicted octanol–water partition coefficient (Wildman–Crippen LogP) is 8.24. The first-order valence-corrected chi connectivity index (χ1v) is 10.2. The molecule has 0 aromatic heterocycles. The second kappa shape index (κ2) is 14.7. The Hall–Kier alpha value is 0.690. The summed E-state index contributed by atoms with van der Waals surface area (Å²) in [7, 11) is 0.958. The van der Waals surface area contributed by atoms with Crippen molar-refractivity contribution in [1.82, 2.24) is 0 Å². The number of rotatable bonds is 5. The summed E-state index contributed by atoms with van der Waals surface area (Å²) in [6.45, 7) is 4.51. The van der Waals surface area contributed by atoms with Crippen molar-refractivity contribution >= 4 is 44.0 Å². The van der Waals surface area contributed by atoms with Crippen molar-refractivity contribution in [2.45, 2.75) is 52.4 Å². The van der Waals surface area contributed by atoms with Gasteiger partial charge in [0.15, 0.2) is 8.52 Å². The number of hydrogen-bond acceptors (Lipinski definition) is 4. The van der Waals surface area contributed by atoms with Crippen LogP contribution >= 0.6 is 44.0 Å². The first-order valence-electron chi connectivity index (χ1n) is 5.68. The first kappa shape index (κ1) is 17.7. The van der Waals surface area contributed by atoms with Gasteiger partial charge in [0.2, 0.25) is 28.3 Å². The summed E-state index contributed by atoms with van der Waals surface area (Å²) < 4.78 is 15.5. The number of hydrogen-bond donors (Lipinski definition) is 0. The van der Waals surface area contributed by atoms with Crippen LogP contribution in [0.25, 0.3) is 0 Å². The van der Waals surface area contributed by atoms with E-state index in [0.29, 0.717) is 25.6 Å². The van der Waals surface area contributed by atoms with Gasteiger partial charge in [0.1, 0.15) is 0 Å². The summed E-state index contributed by atoms with van der Waals surface area (Å²) in [5, 5.41) is 0. The highest BCUT2D eigenvalue weighted by atomic mass is 35.7. The summed E-state index contributed by atoms with van der Waals surface area (Å²) in [6, 6.07) is 0. The molecule has 1 aliphatic rings. The Bertz CT molecular complexity index is 287. The molecule has 0 bridgehead atoms. The van der Waals surface area contributed by atoms with Crippen molar-refractivity contribution in [3.8, 4) is 0 Å². The van der Waals surface area contributed by atoms with E-state index in [1.807, 2.05) is 0 Å². The molecule has 0 aromatic rings. The third kappa shape index (κ3) is 14.6. The monoisotopic (exact) mass is 329 g/mol. The van der Waals surface area contributed by atoms with Crippen molar-refractivity contribution in [2.75, 3.05) is 0 Å². The van der Waals surface area contributed by atoms with E-state index in [-0.39, 0.29) is 0 Å². The van der Waals surface area contributed by atoms with E-state index in [1.165, 1.54) is 38.5 Å². The molecule has 0 N–H and O–H groups in total. The van der Waals surface area contributed by atoms with E-state index in [0.717, 1.165) is 0 Å². The molecule has 0 radical (unpaired) electrons. The molecule has 96 valence electrons. The molecule has 17 heavy (non-hydrogen) atoms. The standard InChI is InChI=1S/C8H18.ClN4P4/c1-3-5-7-8-6-4-2;1-9-4-7-2-6-3-8-5-9/h3-8H2,1-2H3;/q;+1. The Kier molecular flexibility index (Phi) is 15.3. The third-order valence-corrected chi connectivity index (χ3v) is 6.16. The van der Waals surface area contributed by atoms with Gasteiger partial charge in [-0.1, -0.05) is 52.4 Å². The van der Waals surface area contributed by atoms with Crippen LogP contribution < -0.4 is 0 Å². The van der Waals surface area contributed by atoms with Crippen molar-refractivity contribution in [3.63, 3.8) is 0 Å². The molecular weight excluding hydrogens is 311 g/mol. The minimum absolute atomic E-state index is 0.646. The third-order valence-electron chi connectivity index (χ3n) is 1.84. The summed E-state index contributed by atoms with van der Waals surface area (Å²) >= 11 is 5.59. The molecular formula is C8H18ClN4P4+. The highest BCUT2D eigenvalue weighted by Gasteiger charge is 2.04. The maximum absolute atomic E-state index is 5.59. The summed E-state index contributed by atoms with van der Waals surface area (Å²) in [4.78, 5) is 0. The molecule has 0 aromatic carbocycles. The van der Waals surface area contributed by atoms with Crippen LogP contribution in [0.4, 0.5) is 0 Å². The van der Waals surface area contributed by atoms with Gasteiger partial charge < -0.3 is 0 Å². The van der Waals surface area contributed by atoms with Crippen LogP contribution in [-0.4, -0.2) is 0 Å². The average Bonchev–Trinajstić information content (AvgIpc) is 2.31. The van der Waals surface area contributed by atoms with Crippen LogP contribution in [0.2, 0.25) is 0 Å². The molecule has 0 fully saturated rings. The molecule has 0 spiro atoms. The fraction of sp³-hybridized carbons (Fsp3) is 1.00. The van der Waals surface area contributed by atoms with E-state index in [2.05, 4.69) is 31.9 Å². The lowest BCUT2D eigenvalue weighted by molar-refractivity contribution is 0.624. The molecule has 4 nitrogen and oxygen atoms in total. The topological polar surface area (TPSA) is 49.4 Å². The average molecular weight is 330 g/mol. The molecule has 0 amide bonds. The highest BCUT2D eigenvalue weighted by molar-refractivity contribution is 7.79. The van der Waals surface area contributed by atoms with Crippen molar-refractivity contribution < 1.29 is 0 Å². The molecule has 1 heterocycles. The lowest BCUT2D eigenvalue weighted by Crippen LogP contribution is -1.73. The predicted molar refractivity (Wildman–Crippen MR) is 82.3 cm³/mol. The van der Waals surface area contributed by atoms with E-state index >= 15 is 0 Å². The van der Waals surface area contributed by atoms with Gasteiger partial charge in [0.25, 0.3) is 0 Å². The zero-order valence-corrected chi connectivity index (χ0v) is 14.5. The Labute approximate surface area is 114 Å². The summed E-state index contributed by atoms with van der Waals surface area (Å²) in [6.07, 6.45) is 8.49. The van der Waals surface area contributed by atoms with Crippen molar-refractivity contribution in [3.05, 3.63) is 0 Å². The molecule has 1 rings (SSSR count). The van der Waals surface area contributed by atoms with Gasteiger partial charge in [-0.3, -0.25) is 0 Å². The highest BCUT2D eigenvalue weighted by Crippen LogP contribution is 2.42. The SMILES string of the molecule is CCCCCCCC.Cl[P+]1=NP=NP=NP=N1. The zero-order valence-electron chi connectivity index (χ0n) is 10.2. The summed E-state index contributed by atoms with van der Waals surface area (Å²) in [5.74, 6) is 0. The molecule has 0 saturated heterocycles. The Morgan fingerprint density at radius 2 is 1.47 bits per heavy atom. The lowest BCUT2D eigenvalue weighted by Gasteiger charge is -1.93. The van der Waals surface area contributed by atoms with Crippen LogP contribution in [0.15, 0.2) is 18.1 Å². The van der Waals surface area contributed by atoms with E-state index < -0.39 is 7.22 Å². The second-order valence-corrected chi connectivity index (χ2v) is 8.07. The maximum Gasteiger partial charge on any atom is 0.487 e. The number of nitrogens with zero attached hydrogens (tertiary/aromatic N) is 4. The van der Waals surface area contributed by atoms with Crippen LogP contribution in [0.3, 0.4) is 0 Å². The molecule has 1 atom stereocenters. The number of halogens is 1. The maximum atomic E-state index is 5.59. The van der Waals surface area contributed by atoms with E-state index in [9.17, 15) is 0 Å². The van der Waals surface area contributed by atoms with Crippen LogP contribution in [0.5, 0.6) is 0 Å². The smallest absolute Gasteiger partial charge is 0.162 e. The van der Waals surface area contributed by atoms with Crippen LogP contribution in [0, 0.1) is 0 Å². The summed E-state index contributed by atoms with van der Waals surface area (Å²) in [5.41, 5.74) is 0. The van der Waals surface area contributed by atoms with Gasteiger partial charge in [-0.15, -0.1) is 0 Å².